The molecule has 2 atom stereocenters. The summed E-state index contributed by atoms with van der Waals surface area (Å²) >= 11 is 0. The molecule has 26 heavy (non-hydrogen) atoms. The van der Waals surface area contributed by atoms with Gasteiger partial charge in [-0.15, -0.1) is 0 Å². The number of morpholine rings is 1. The number of nitrogens with one attached hydrogen (secondary N) is 1. The van der Waals surface area contributed by atoms with Crippen LogP contribution in [-0.2, 0) is 20.5 Å². The minimum Gasteiger partial charge on any atom is -0.370 e. The summed E-state index contributed by atoms with van der Waals surface area (Å²) in [6, 6.07) is 4.74. The Labute approximate surface area is 149 Å². The number of halogens is 3. The van der Waals surface area contributed by atoms with E-state index in [0.29, 0.717) is 5.56 Å². The SMILES string of the molecule is C=CC(=O)NCCC(=O)N1CC(c2cccc(C(F)(F)F)c2)OCC1C. The van der Waals surface area contributed by atoms with Gasteiger partial charge >= 0.3 is 6.18 Å². The molecule has 1 saturated heterocycles. The predicted molar refractivity (Wildman–Crippen MR) is 89.1 cm³/mol. The second-order valence-electron chi connectivity index (χ2n) is 6.09. The Balaban J connectivity index is 2.04. The average Bonchev–Trinajstić information content (AvgIpc) is 2.61. The summed E-state index contributed by atoms with van der Waals surface area (Å²) in [7, 11) is 0. The predicted octanol–water partition coefficient (Wildman–Crippen LogP) is 2.69. The van der Waals surface area contributed by atoms with E-state index in [9.17, 15) is 22.8 Å². The number of nitrogens with zero attached hydrogens (tertiary/aromatic N) is 1. The maximum atomic E-state index is 12.9. The van der Waals surface area contributed by atoms with Crippen molar-refractivity contribution in [2.45, 2.75) is 31.7 Å². The molecule has 1 aliphatic heterocycles. The molecule has 1 N–H and O–H groups in total. The highest BCUT2D eigenvalue weighted by atomic mass is 19.4. The van der Waals surface area contributed by atoms with Gasteiger partial charge in [-0.2, -0.15) is 13.2 Å². The van der Waals surface area contributed by atoms with E-state index in [1.54, 1.807) is 11.0 Å². The molecule has 142 valence electrons. The minimum atomic E-state index is -4.43. The Morgan fingerprint density at radius 3 is 2.81 bits per heavy atom. The van der Waals surface area contributed by atoms with E-state index in [0.717, 1.165) is 18.2 Å². The van der Waals surface area contributed by atoms with Crippen molar-refractivity contribution in [1.29, 1.82) is 0 Å². The van der Waals surface area contributed by atoms with Gasteiger partial charge in [0.1, 0.15) is 6.10 Å². The largest absolute Gasteiger partial charge is 0.416 e. The van der Waals surface area contributed by atoms with Gasteiger partial charge in [-0.05, 0) is 30.7 Å². The number of benzene rings is 1. The van der Waals surface area contributed by atoms with Crippen molar-refractivity contribution in [3.8, 4) is 0 Å². The number of rotatable bonds is 5. The molecule has 1 fully saturated rings. The van der Waals surface area contributed by atoms with Crippen molar-refractivity contribution in [3.05, 3.63) is 48.0 Å². The van der Waals surface area contributed by atoms with Crippen molar-refractivity contribution in [2.24, 2.45) is 0 Å². The lowest BCUT2D eigenvalue weighted by molar-refractivity contribution is -0.145. The van der Waals surface area contributed by atoms with Gasteiger partial charge in [0, 0.05) is 13.0 Å². The first-order valence-corrected chi connectivity index (χ1v) is 8.21. The van der Waals surface area contributed by atoms with Crippen molar-refractivity contribution < 1.29 is 27.5 Å². The molecule has 1 aromatic carbocycles. The van der Waals surface area contributed by atoms with E-state index in [1.807, 2.05) is 6.92 Å². The van der Waals surface area contributed by atoms with Crippen LogP contribution < -0.4 is 5.32 Å². The highest BCUT2D eigenvalue weighted by molar-refractivity contribution is 5.87. The molecule has 2 rings (SSSR count). The fourth-order valence-corrected chi connectivity index (χ4v) is 2.73. The first kappa shape index (κ1) is 20.0. The Morgan fingerprint density at radius 2 is 2.15 bits per heavy atom. The zero-order valence-corrected chi connectivity index (χ0v) is 14.4. The van der Waals surface area contributed by atoms with Gasteiger partial charge in [-0.1, -0.05) is 18.7 Å². The summed E-state index contributed by atoms with van der Waals surface area (Å²) < 4.78 is 44.3. The third-order valence-corrected chi connectivity index (χ3v) is 4.16. The summed E-state index contributed by atoms with van der Waals surface area (Å²) in [4.78, 5) is 25.1. The summed E-state index contributed by atoms with van der Waals surface area (Å²) in [5, 5.41) is 2.52. The van der Waals surface area contributed by atoms with Crippen LogP contribution in [0, 0.1) is 0 Å². The number of carbonyl (C=O) groups is 2. The normalized spacial score (nSPS) is 20.5. The van der Waals surface area contributed by atoms with Crippen LogP contribution in [0.1, 0.15) is 30.6 Å². The summed E-state index contributed by atoms with van der Waals surface area (Å²) in [5.41, 5.74) is -0.369. The van der Waals surface area contributed by atoms with Crippen LogP contribution in [0.15, 0.2) is 36.9 Å². The molecule has 1 heterocycles. The maximum absolute atomic E-state index is 12.9. The van der Waals surface area contributed by atoms with Crippen LogP contribution in [0.2, 0.25) is 0 Å². The van der Waals surface area contributed by atoms with Gasteiger partial charge in [0.15, 0.2) is 0 Å². The number of amides is 2. The molecule has 0 bridgehead atoms. The lowest BCUT2D eigenvalue weighted by Gasteiger charge is -2.38. The summed E-state index contributed by atoms with van der Waals surface area (Å²) in [6.45, 7) is 5.69. The molecule has 2 unspecified atom stereocenters. The van der Waals surface area contributed by atoms with Gasteiger partial charge < -0.3 is 15.0 Å². The molecular formula is C18H21F3N2O3. The standard InChI is InChI=1S/C18H21F3N2O3/c1-3-16(24)22-8-7-17(25)23-10-15(26-11-12(23)2)13-5-4-6-14(9-13)18(19,20)21/h3-6,9,12,15H,1,7-8,10-11H2,2H3,(H,22,24). The number of carbonyl (C=O) groups excluding carboxylic acids is 2. The zero-order valence-electron chi connectivity index (χ0n) is 14.4. The topological polar surface area (TPSA) is 58.6 Å². The number of alkyl halides is 3. The summed E-state index contributed by atoms with van der Waals surface area (Å²) in [6.07, 6.45) is -3.85. The second-order valence-corrected chi connectivity index (χ2v) is 6.09. The smallest absolute Gasteiger partial charge is 0.370 e. The van der Waals surface area contributed by atoms with Crippen LogP contribution in [0.4, 0.5) is 13.2 Å². The minimum absolute atomic E-state index is 0.0965. The van der Waals surface area contributed by atoms with Gasteiger partial charge in [0.2, 0.25) is 11.8 Å². The maximum Gasteiger partial charge on any atom is 0.416 e. The molecule has 8 heteroatoms. The van der Waals surface area contributed by atoms with Gasteiger partial charge in [0.05, 0.1) is 24.8 Å². The molecule has 0 aromatic heterocycles. The van der Waals surface area contributed by atoms with E-state index in [-0.39, 0.29) is 44.0 Å². The van der Waals surface area contributed by atoms with Crippen molar-refractivity contribution in [1.82, 2.24) is 10.2 Å². The third-order valence-electron chi connectivity index (χ3n) is 4.16. The Hall–Kier alpha value is -2.35. The van der Waals surface area contributed by atoms with Crippen molar-refractivity contribution in [2.75, 3.05) is 19.7 Å². The Kier molecular flexibility index (Phi) is 6.42. The van der Waals surface area contributed by atoms with Crippen LogP contribution in [-0.4, -0.2) is 42.5 Å². The fraction of sp³-hybridized carbons (Fsp3) is 0.444. The third kappa shape index (κ3) is 5.08. The summed E-state index contributed by atoms with van der Waals surface area (Å²) in [5.74, 6) is -0.559. The van der Waals surface area contributed by atoms with Crippen LogP contribution >= 0.6 is 0 Å². The van der Waals surface area contributed by atoms with E-state index in [4.69, 9.17) is 4.74 Å². The quantitative estimate of drug-likeness (QED) is 0.811. The van der Waals surface area contributed by atoms with E-state index in [2.05, 4.69) is 11.9 Å². The van der Waals surface area contributed by atoms with Crippen LogP contribution in [0.3, 0.4) is 0 Å². The number of ether oxygens (including phenoxy) is 1. The zero-order chi connectivity index (χ0) is 19.3. The average molecular weight is 370 g/mol. The lowest BCUT2D eigenvalue weighted by Crippen LogP contribution is -2.48. The molecule has 0 spiro atoms. The second kappa shape index (κ2) is 8.35. The van der Waals surface area contributed by atoms with Gasteiger partial charge in [0.25, 0.3) is 0 Å². The molecule has 1 aliphatic rings. The highest BCUT2D eigenvalue weighted by Gasteiger charge is 2.33. The fourth-order valence-electron chi connectivity index (χ4n) is 2.73. The van der Waals surface area contributed by atoms with E-state index in [1.165, 1.54) is 6.07 Å². The highest BCUT2D eigenvalue weighted by Crippen LogP contribution is 2.32. The van der Waals surface area contributed by atoms with Gasteiger partial charge in [-0.25, -0.2) is 0 Å². The molecule has 0 aliphatic carbocycles. The molecule has 2 amide bonds. The van der Waals surface area contributed by atoms with Crippen molar-refractivity contribution in [3.63, 3.8) is 0 Å². The van der Waals surface area contributed by atoms with Crippen LogP contribution in [0.5, 0.6) is 0 Å². The molecule has 0 saturated carbocycles. The monoisotopic (exact) mass is 370 g/mol. The van der Waals surface area contributed by atoms with Gasteiger partial charge in [-0.3, -0.25) is 9.59 Å². The number of hydrogen-bond donors (Lipinski definition) is 1. The Bertz CT molecular complexity index is 676. The van der Waals surface area contributed by atoms with Crippen LogP contribution in [0.25, 0.3) is 0 Å². The molecule has 1 aromatic rings. The van der Waals surface area contributed by atoms with Crippen molar-refractivity contribution >= 4 is 11.8 Å². The first-order valence-electron chi connectivity index (χ1n) is 8.21. The first-order chi connectivity index (χ1) is 12.2. The lowest BCUT2D eigenvalue weighted by atomic mass is 10.0. The molecule has 0 radical (unpaired) electrons. The van der Waals surface area contributed by atoms with E-state index >= 15 is 0 Å². The Morgan fingerprint density at radius 1 is 1.42 bits per heavy atom. The molecular weight excluding hydrogens is 349 g/mol. The number of hydrogen-bond acceptors (Lipinski definition) is 3. The van der Waals surface area contributed by atoms with E-state index < -0.39 is 17.8 Å². The molecule has 5 nitrogen and oxygen atoms in total.